The first-order valence-electron chi connectivity index (χ1n) is 6.35. The van der Waals surface area contributed by atoms with Gasteiger partial charge in [-0.15, -0.1) is 0 Å². The number of aryl methyl sites for hydroxylation is 1. The van der Waals surface area contributed by atoms with Gasteiger partial charge in [0, 0.05) is 7.05 Å². The molecule has 0 heterocycles. The van der Waals surface area contributed by atoms with Crippen LogP contribution in [0.3, 0.4) is 0 Å². The number of hydrogen-bond acceptors (Lipinski definition) is 4. The molecule has 0 aromatic heterocycles. The Hall–Kier alpha value is -2.21. The average Bonchev–Trinajstić information content (AvgIpc) is 2.46. The summed E-state index contributed by atoms with van der Waals surface area (Å²) in [5, 5.41) is 0. The number of ether oxygens (including phenoxy) is 1. The lowest BCUT2D eigenvalue weighted by Crippen LogP contribution is -2.27. The normalized spacial score (nSPS) is 11.2. The summed E-state index contributed by atoms with van der Waals surface area (Å²) in [5.41, 5.74) is 7.54. The molecule has 0 amide bonds. The molecule has 0 unspecified atom stereocenters. The van der Waals surface area contributed by atoms with E-state index in [1.807, 2.05) is 6.92 Å². The number of nitrogen functional groups attached to an aromatic ring is 1. The van der Waals surface area contributed by atoms with Crippen molar-refractivity contribution in [1.29, 1.82) is 0 Å². The number of methoxy groups -OCH3 is 1. The Balaban J connectivity index is 2.42. The summed E-state index contributed by atoms with van der Waals surface area (Å²) in [4.78, 5) is 0.103. The lowest BCUT2D eigenvalue weighted by molar-refractivity contribution is 0.415. The standard InChI is InChI=1S/C15H18N2O3S/c1-11-4-9-15(14(16)10-11)21(18,19)17(2)12-5-7-13(20-3)8-6-12/h4-10H,16H2,1-3H3. The topological polar surface area (TPSA) is 72.6 Å². The van der Waals surface area contributed by atoms with Gasteiger partial charge in [0.15, 0.2) is 0 Å². The van der Waals surface area contributed by atoms with Crippen molar-refractivity contribution in [3.05, 3.63) is 48.0 Å². The minimum Gasteiger partial charge on any atom is -0.497 e. The van der Waals surface area contributed by atoms with Crippen LogP contribution in [0.5, 0.6) is 5.75 Å². The van der Waals surface area contributed by atoms with Crippen LogP contribution < -0.4 is 14.8 Å². The molecular weight excluding hydrogens is 288 g/mol. The molecule has 2 aromatic carbocycles. The van der Waals surface area contributed by atoms with Crippen molar-refractivity contribution in [3.8, 4) is 5.75 Å². The minimum atomic E-state index is -3.69. The molecule has 0 aliphatic carbocycles. The molecule has 5 nitrogen and oxygen atoms in total. The molecule has 0 aliphatic heterocycles. The quantitative estimate of drug-likeness (QED) is 0.880. The molecule has 0 atom stereocenters. The number of nitrogens with two attached hydrogens (primary N) is 1. The summed E-state index contributed by atoms with van der Waals surface area (Å²) < 4.78 is 31.5. The van der Waals surface area contributed by atoms with Crippen LogP contribution in [0.2, 0.25) is 0 Å². The van der Waals surface area contributed by atoms with Gasteiger partial charge >= 0.3 is 0 Å². The molecule has 0 spiro atoms. The smallest absolute Gasteiger partial charge is 0.266 e. The summed E-state index contributed by atoms with van der Waals surface area (Å²) in [5.74, 6) is 0.666. The van der Waals surface area contributed by atoms with E-state index in [1.54, 1.807) is 43.5 Å². The van der Waals surface area contributed by atoms with Gasteiger partial charge in [0.25, 0.3) is 10.0 Å². The van der Waals surface area contributed by atoms with Gasteiger partial charge in [-0.3, -0.25) is 4.31 Å². The third-order valence-corrected chi connectivity index (χ3v) is 5.10. The van der Waals surface area contributed by atoms with E-state index in [0.717, 1.165) is 5.56 Å². The molecule has 0 aliphatic rings. The summed E-state index contributed by atoms with van der Waals surface area (Å²) >= 11 is 0. The van der Waals surface area contributed by atoms with Gasteiger partial charge in [-0.2, -0.15) is 0 Å². The fraction of sp³-hybridized carbons (Fsp3) is 0.200. The van der Waals surface area contributed by atoms with Crippen LogP contribution >= 0.6 is 0 Å². The number of anilines is 2. The zero-order chi connectivity index (χ0) is 15.6. The Morgan fingerprint density at radius 2 is 1.71 bits per heavy atom. The Kier molecular flexibility index (Phi) is 4.09. The van der Waals surface area contributed by atoms with E-state index < -0.39 is 10.0 Å². The number of hydrogen-bond donors (Lipinski definition) is 1. The molecule has 0 radical (unpaired) electrons. The van der Waals surface area contributed by atoms with Crippen molar-refractivity contribution in [1.82, 2.24) is 0 Å². The zero-order valence-electron chi connectivity index (χ0n) is 12.2. The highest BCUT2D eigenvalue weighted by molar-refractivity contribution is 7.93. The number of nitrogens with zero attached hydrogens (tertiary/aromatic N) is 1. The highest BCUT2D eigenvalue weighted by atomic mass is 32.2. The molecule has 2 aromatic rings. The summed E-state index contributed by atoms with van der Waals surface area (Å²) in [7, 11) is -0.637. The van der Waals surface area contributed by atoms with E-state index >= 15 is 0 Å². The van der Waals surface area contributed by atoms with Crippen molar-refractivity contribution < 1.29 is 13.2 Å². The van der Waals surface area contributed by atoms with Crippen LogP contribution in [-0.2, 0) is 10.0 Å². The predicted octanol–water partition coefficient (Wildman–Crippen LogP) is 2.41. The second-order valence-corrected chi connectivity index (χ2v) is 6.65. The van der Waals surface area contributed by atoms with Crippen LogP contribution in [0.25, 0.3) is 0 Å². The number of sulfonamides is 1. The van der Waals surface area contributed by atoms with E-state index in [0.29, 0.717) is 11.4 Å². The van der Waals surface area contributed by atoms with Gasteiger partial charge in [0.05, 0.1) is 18.5 Å². The molecule has 21 heavy (non-hydrogen) atoms. The lowest BCUT2D eigenvalue weighted by Gasteiger charge is -2.20. The van der Waals surface area contributed by atoms with Gasteiger partial charge < -0.3 is 10.5 Å². The van der Waals surface area contributed by atoms with Crippen molar-refractivity contribution in [2.75, 3.05) is 24.2 Å². The first-order chi connectivity index (χ1) is 9.86. The Labute approximate surface area is 125 Å². The first-order valence-corrected chi connectivity index (χ1v) is 7.79. The van der Waals surface area contributed by atoms with Crippen LogP contribution in [-0.4, -0.2) is 22.6 Å². The SMILES string of the molecule is COc1ccc(N(C)S(=O)(=O)c2ccc(C)cc2N)cc1. The molecule has 112 valence electrons. The lowest BCUT2D eigenvalue weighted by atomic mass is 10.2. The third kappa shape index (κ3) is 2.95. The van der Waals surface area contributed by atoms with E-state index in [2.05, 4.69) is 0 Å². The Morgan fingerprint density at radius 1 is 1.10 bits per heavy atom. The monoisotopic (exact) mass is 306 g/mol. The van der Waals surface area contributed by atoms with Gasteiger partial charge in [0.1, 0.15) is 10.6 Å². The summed E-state index contributed by atoms with van der Waals surface area (Å²) in [6, 6.07) is 11.7. The van der Waals surface area contributed by atoms with Crippen LogP contribution in [0.4, 0.5) is 11.4 Å². The number of benzene rings is 2. The van der Waals surface area contributed by atoms with Crippen LogP contribution in [0, 0.1) is 6.92 Å². The van der Waals surface area contributed by atoms with Crippen LogP contribution in [0.1, 0.15) is 5.56 Å². The molecule has 0 saturated carbocycles. The van der Waals surface area contributed by atoms with E-state index in [1.165, 1.54) is 17.4 Å². The summed E-state index contributed by atoms with van der Waals surface area (Å²) in [6.45, 7) is 1.86. The molecule has 6 heteroatoms. The maximum absolute atomic E-state index is 12.6. The first kappa shape index (κ1) is 15.2. The van der Waals surface area contributed by atoms with Crippen molar-refractivity contribution in [2.24, 2.45) is 0 Å². The van der Waals surface area contributed by atoms with Crippen molar-refractivity contribution >= 4 is 21.4 Å². The molecule has 0 fully saturated rings. The predicted molar refractivity (Wildman–Crippen MR) is 84.2 cm³/mol. The average molecular weight is 306 g/mol. The second-order valence-electron chi connectivity index (χ2n) is 4.71. The maximum Gasteiger partial charge on any atom is 0.266 e. The largest absolute Gasteiger partial charge is 0.497 e. The van der Waals surface area contributed by atoms with Crippen molar-refractivity contribution in [3.63, 3.8) is 0 Å². The molecular formula is C15H18N2O3S. The third-order valence-electron chi connectivity index (χ3n) is 3.24. The van der Waals surface area contributed by atoms with E-state index in [4.69, 9.17) is 10.5 Å². The molecule has 2 rings (SSSR count). The molecule has 0 saturated heterocycles. The van der Waals surface area contributed by atoms with Crippen LogP contribution in [0.15, 0.2) is 47.4 Å². The maximum atomic E-state index is 12.6. The fourth-order valence-corrected chi connectivity index (χ4v) is 3.27. The fourth-order valence-electron chi connectivity index (χ4n) is 1.98. The van der Waals surface area contributed by atoms with E-state index in [-0.39, 0.29) is 10.6 Å². The Morgan fingerprint density at radius 3 is 2.24 bits per heavy atom. The highest BCUT2D eigenvalue weighted by Crippen LogP contribution is 2.27. The van der Waals surface area contributed by atoms with E-state index in [9.17, 15) is 8.42 Å². The van der Waals surface area contributed by atoms with Gasteiger partial charge in [-0.1, -0.05) is 6.07 Å². The number of rotatable bonds is 4. The molecule has 0 bridgehead atoms. The van der Waals surface area contributed by atoms with Gasteiger partial charge in [-0.25, -0.2) is 8.42 Å². The zero-order valence-corrected chi connectivity index (χ0v) is 13.0. The van der Waals surface area contributed by atoms with Gasteiger partial charge in [-0.05, 0) is 48.9 Å². The highest BCUT2D eigenvalue weighted by Gasteiger charge is 2.23. The molecule has 2 N–H and O–H groups in total. The van der Waals surface area contributed by atoms with Gasteiger partial charge in [0.2, 0.25) is 0 Å². The Bertz CT molecular complexity index is 740. The second kappa shape index (κ2) is 5.65. The minimum absolute atomic E-state index is 0.103. The van der Waals surface area contributed by atoms with Crippen molar-refractivity contribution in [2.45, 2.75) is 11.8 Å². The summed E-state index contributed by atoms with van der Waals surface area (Å²) in [6.07, 6.45) is 0.